The number of fused-ring (bicyclic) bond motifs is 3. The van der Waals surface area contributed by atoms with E-state index in [1.807, 2.05) is 0 Å². The topological polar surface area (TPSA) is 6.48 Å². The molecule has 1 aliphatic carbocycles. The first-order chi connectivity index (χ1) is 14.0. The van der Waals surface area contributed by atoms with Crippen molar-refractivity contribution >= 4 is 31.7 Å². The molecule has 5 heteroatoms. The molecule has 0 radical (unpaired) electrons. The van der Waals surface area contributed by atoms with Gasteiger partial charge in [-0.25, -0.2) is 0 Å². The van der Waals surface area contributed by atoms with E-state index < -0.39 is 19.4 Å². The van der Waals surface area contributed by atoms with Gasteiger partial charge in [0.1, 0.15) is 0 Å². The molecule has 0 atom stereocenters. The summed E-state index contributed by atoms with van der Waals surface area (Å²) in [6.45, 7) is 18.0. The minimum absolute atomic E-state index is 0.402. The third-order valence-corrected chi connectivity index (χ3v) is 10.6. The second-order valence-corrected chi connectivity index (χ2v) is 17.6. The van der Waals surface area contributed by atoms with E-state index in [-0.39, 0.29) is 0 Å². The quantitative estimate of drug-likeness (QED) is 0.326. The van der Waals surface area contributed by atoms with Crippen LogP contribution in [0.2, 0.25) is 0 Å². The molecule has 2 aromatic carbocycles. The molecule has 0 bridgehead atoms. The van der Waals surface area contributed by atoms with Gasteiger partial charge >= 0.3 is 199 Å². The Balaban J connectivity index is 2.11. The molecule has 0 saturated heterocycles. The van der Waals surface area contributed by atoms with Crippen LogP contribution in [0.5, 0.6) is 0 Å². The van der Waals surface area contributed by atoms with E-state index in [1.54, 1.807) is 0 Å². The number of benzene rings is 2. The molecule has 0 aliphatic heterocycles. The first-order valence-corrected chi connectivity index (χ1v) is 18.6. The van der Waals surface area contributed by atoms with Crippen LogP contribution in [-0.2, 0) is 25.8 Å². The van der Waals surface area contributed by atoms with Gasteiger partial charge in [0, 0.05) is 0 Å². The molecule has 163 valence electrons. The Bertz CT molecular complexity index is 890. The van der Waals surface area contributed by atoms with Crippen LogP contribution in [-0.4, -0.2) is 24.2 Å². The monoisotopic (exact) mass is 523 g/mol. The van der Waals surface area contributed by atoms with Gasteiger partial charge in [-0.15, -0.1) is 0 Å². The summed E-state index contributed by atoms with van der Waals surface area (Å²) < 4.78 is 1.27. The molecule has 30 heavy (non-hydrogen) atoms. The normalized spacial score (nSPS) is 12.7. The van der Waals surface area contributed by atoms with Crippen molar-refractivity contribution in [3.05, 3.63) is 41.5 Å². The average Bonchev–Trinajstić information content (AvgIpc) is 2.97. The summed E-state index contributed by atoms with van der Waals surface area (Å²) in [7, 11) is 13.6. The number of nitrogens with zero attached hydrogens (tertiary/aromatic N) is 2. The maximum atomic E-state index is 6.78. The summed E-state index contributed by atoms with van der Waals surface area (Å²) in [5.41, 5.74) is 7.97. The van der Waals surface area contributed by atoms with Crippen LogP contribution in [0.4, 0.5) is 11.4 Å². The second-order valence-electron chi connectivity index (χ2n) is 9.45. The van der Waals surface area contributed by atoms with E-state index >= 15 is 0 Å². The van der Waals surface area contributed by atoms with Crippen molar-refractivity contribution < 1.29 is 19.4 Å². The van der Waals surface area contributed by atoms with E-state index in [0.29, 0.717) is 24.2 Å². The zero-order chi connectivity index (χ0) is 22.3. The molecule has 2 nitrogen and oxygen atoms in total. The van der Waals surface area contributed by atoms with Crippen molar-refractivity contribution in [1.82, 2.24) is 0 Å². The molecule has 0 unspecified atom stereocenters. The van der Waals surface area contributed by atoms with Gasteiger partial charge in [-0.2, -0.15) is 0 Å². The van der Waals surface area contributed by atoms with Gasteiger partial charge in [0.25, 0.3) is 0 Å². The molecule has 0 N–H and O–H groups in total. The zero-order valence-corrected chi connectivity index (χ0v) is 23.5. The molecular weight excluding hydrogens is 490 g/mol. The Hall–Kier alpha value is -0.497. The molecule has 2 aromatic rings. The van der Waals surface area contributed by atoms with Crippen molar-refractivity contribution in [1.29, 1.82) is 0 Å². The van der Waals surface area contributed by atoms with Crippen LogP contribution in [0, 0.1) is 0 Å². The third-order valence-electron chi connectivity index (χ3n) is 6.03. The number of hydrogen-bond acceptors (Lipinski definition) is 2. The first kappa shape index (κ1) is 24.2. The van der Waals surface area contributed by atoms with Crippen LogP contribution in [0.3, 0.4) is 0 Å². The van der Waals surface area contributed by atoms with Crippen molar-refractivity contribution in [2.45, 2.75) is 86.0 Å². The molecule has 0 amide bonds. The number of rotatable bonds is 7. The Labute approximate surface area is 198 Å². The average molecular weight is 526 g/mol. The molecule has 0 saturated carbocycles. The molecule has 3 rings (SSSR count). The van der Waals surface area contributed by atoms with Gasteiger partial charge in [0.15, 0.2) is 0 Å². The van der Waals surface area contributed by atoms with E-state index in [4.69, 9.17) is 17.0 Å². The molecule has 0 aromatic heterocycles. The van der Waals surface area contributed by atoms with Gasteiger partial charge in [-0.05, 0) is 0 Å². The Morgan fingerprint density at radius 3 is 1.77 bits per heavy atom. The van der Waals surface area contributed by atoms with Gasteiger partial charge in [-0.3, -0.25) is 0 Å². The first-order valence-electron chi connectivity index (χ1n) is 11.1. The fourth-order valence-corrected chi connectivity index (χ4v) is 9.79. The minimum atomic E-state index is -2.68. The van der Waals surface area contributed by atoms with Crippen molar-refractivity contribution in [3.8, 4) is 11.1 Å². The van der Waals surface area contributed by atoms with Crippen LogP contribution in [0.15, 0.2) is 30.3 Å². The van der Waals surface area contributed by atoms with Crippen LogP contribution in [0.25, 0.3) is 11.1 Å². The molecule has 0 spiro atoms. The fourth-order valence-electron chi connectivity index (χ4n) is 5.18. The van der Waals surface area contributed by atoms with Crippen molar-refractivity contribution in [2.24, 2.45) is 0 Å². The summed E-state index contributed by atoms with van der Waals surface area (Å²) in [4.78, 5) is 4.95. The summed E-state index contributed by atoms with van der Waals surface area (Å²) in [6, 6.07) is 13.2. The molecule has 0 fully saturated rings. The standard InChI is InChI=1S/C25H35N2.2ClH.Zr/c1-16(2)26(17(3)4)22-9-11-24-20(14-22)13-21-15-23(10-12-25(21)24)27(18(5)6)19(7)8;;;/h9-12,14,16-19H,13H2,1-8H3;2*1H;/q;;;+2/p-2. The summed E-state index contributed by atoms with van der Waals surface area (Å²) in [5, 5.41) is 0. The molecule has 1 aliphatic rings. The number of halogens is 2. The van der Waals surface area contributed by atoms with E-state index in [1.165, 1.54) is 36.9 Å². The Kier molecular flexibility index (Phi) is 7.69. The molecular formula is C25H35Cl2N2Zr. The van der Waals surface area contributed by atoms with Crippen LogP contribution in [0.1, 0.15) is 66.5 Å². The van der Waals surface area contributed by atoms with Crippen LogP contribution < -0.4 is 13.1 Å². The second kappa shape index (κ2) is 9.55. The maximum absolute atomic E-state index is 6.78. The predicted molar refractivity (Wildman–Crippen MR) is 132 cm³/mol. The third kappa shape index (κ3) is 4.50. The van der Waals surface area contributed by atoms with Crippen molar-refractivity contribution in [2.75, 3.05) is 9.80 Å². The van der Waals surface area contributed by atoms with Gasteiger partial charge in [0.2, 0.25) is 0 Å². The van der Waals surface area contributed by atoms with Crippen LogP contribution >= 0.6 is 17.0 Å². The van der Waals surface area contributed by atoms with Gasteiger partial charge in [-0.1, -0.05) is 0 Å². The summed E-state index contributed by atoms with van der Waals surface area (Å²) in [5.74, 6) is 0. The zero-order valence-electron chi connectivity index (χ0n) is 19.6. The number of anilines is 2. The van der Waals surface area contributed by atoms with E-state index in [2.05, 4.69) is 95.5 Å². The van der Waals surface area contributed by atoms with E-state index in [9.17, 15) is 0 Å². The van der Waals surface area contributed by atoms with Crippen molar-refractivity contribution in [3.63, 3.8) is 0 Å². The van der Waals surface area contributed by atoms with E-state index in [0.717, 1.165) is 6.42 Å². The fraction of sp³-hybridized carbons (Fsp3) is 0.520. The SMILES string of the molecule is CC(C)N(c1ccc2c(c1)Cc1c-2ccc(N(C(C)C)C(C)C)[c]1[Zr]([Cl])[Cl])C(C)C. The Morgan fingerprint density at radius 1 is 0.733 bits per heavy atom. The Morgan fingerprint density at radius 2 is 1.27 bits per heavy atom. The summed E-state index contributed by atoms with van der Waals surface area (Å²) in [6.07, 6.45) is 0.930. The van der Waals surface area contributed by atoms with Gasteiger partial charge in [0.05, 0.1) is 0 Å². The number of hydrogen-bond donors (Lipinski definition) is 0. The molecule has 0 heterocycles. The predicted octanol–water partition coefficient (Wildman–Crippen LogP) is 7.06. The van der Waals surface area contributed by atoms with Gasteiger partial charge < -0.3 is 0 Å². The summed E-state index contributed by atoms with van der Waals surface area (Å²) >= 11 is -2.68.